The number of aromatic nitrogens is 1. The average Bonchev–Trinajstić information content (AvgIpc) is 2.75. The van der Waals surface area contributed by atoms with Gasteiger partial charge in [-0.05, 0) is 39.7 Å². The van der Waals surface area contributed by atoms with Gasteiger partial charge in [-0.3, -0.25) is 4.79 Å². The van der Waals surface area contributed by atoms with E-state index < -0.39 is 0 Å². The van der Waals surface area contributed by atoms with Crippen molar-refractivity contribution in [3.8, 4) is 0 Å². The van der Waals surface area contributed by atoms with E-state index in [0.717, 1.165) is 25.7 Å². The van der Waals surface area contributed by atoms with Gasteiger partial charge in [-0.15, -0.1) is 0 Å². The predicted octanol–water partition coefficient (Wildman–Crippen LogP) is 1.94. The lowest BCUT2D eigenvalue weighted by Gasteiger charge is -2.26. The summed E-state index contributed by atoms with van der Waals surface area (Å²) >= 11 is 0. The van der Waals surface area contributed by atoms with E-state index in [0.29, 0.717) is 17.5 Å². The molecule has 1 aromatic rings. The van der Waals surface area contributed by atoms with Crippen LogP contribution in [0.1, 0.15) is 41.9 Å². The summed E-state index contributed by atoms with van der Waals surface area (Å²) < 4.78 is 5.16. The third-order valence-electron chi connectivity index (χ3n) is 3.48. The van der Waals surface area contributed by atoms with Crippen LogP contribution in [-0.4, -0.2) is 23.9 Å². The van der Waals surface area contributed by atoms with E-state index in [1.807, 2.05) is 14.0 Å². The number of Topliss-reactive ketones (excluding diaryl/α,β-unsaturated/α-hetero) is 1. The summed E-state index contributed by atoms with van der Waals surface area (Å²) in [4.78, 5) is 16.1. The largest absolute Gasteiger partial charge is 0.440 e. The number of ketones is 1. The Kier molecular flexibility index (Phi) is 3.39. The Balaban J connectivity index is 2.00. The molecule has 1 aliphatic carbocycles. The molecule has 4 nitrogen and oxygen atoms in total. The minimum Gasteiger partial charge on any atom is -0.440 e. The molecule has 1 aliphatic rings. The van der Waals surface area contributed by atoms with Crippen molar-refractivity contribution in [2.75, 3.05) is 7.05 Å². The highest BCUT2D eigenvalue weighted by molar-refractivity contribution is 5.96. The molecule has 1 fully saturated rings. The number of hydrogen-bond donors (Lipinski definition) is 1. The summed E-state index contributed by atoms with van der Waals surface area (Å²) in [5.41, 5.74) is 0.709. The van der Waals surface area contributed by atoms with Crippen molar-refractivity contribution in [2.24, 2.45) is 5.92 Å². The Hall–Kier alpha value is -1.16. The highest BCUT2D eigenvalue weighted by Crippen LogP contribution is 2.27. The molecule has 0 amide bonds. The highest BCUT2D eigenvalue weighted by atomic mass is 16.3. The van der Waals surface area contributed by atoms with Crippen LogP contribution in [0.2, 0.25) is 0 Å². The highest BCUT2D eigenvalue weighted by Gasteiger charge is 2.29. The van der Waals surface area contributed by atoms with Crippen molar-refractivity contribution < 1.29 is 9.21 Å². The van der Waals surface area contributed by atoms with Gasteiger partial charge in [0, 0.05) is 12.0 Å². The first kappa shape index (κ1) is 11.3. The van der Waals surface area contributed by atoms with Gasteiger partial charge in [0.15, 0.2) is 12.2 Å². The van der Waals surface area contributed by atoms with Crippen LogP contribution < -0.4 is 5.32 Å². The van der Waals surface area contributed by atoms with E-state index in [1.54, 1.807) is 0 Å². The van der Waals surface area contributed by atoms with Crippen LogP contribution in [0.5, 0.6) is 0 Å². The number of nitrogens with zero attached hydrogens (tertiary/aromatic N) is 1. The molecular formula is C12H18N2O2. The lowest BCUT2D eigenvalue weighted by Crippen LogP contribution is -2.32. The molecule has 2 rings (SSSR count). The van der Waals surface area contributed by atoms with E-state index in [1.165, 1.54) is 6.39 Å². The first-order chi connectivity index (χ1) is 7.72. The van der Waals surface area contributed by atoms with Gasteiger partial charge in [0.2, 0.25) is 5.78 Å². The Bertz CT molecular complexity index is 365. The lowest BCUT2D eigenvalue weighted by atomic mass is 9.82. The summed E-state index contributed by atoms with van der Waals surface area (Å²) in [5, 5.41) is 3.26. The van der Waals surface area contributed by atoms with Gasteiger partial charge in [0.1, 0.15) is 0 Å². The normalized spacial score (nSPS) is 25.6. The quantitative estimate of drug-likeness (QED) is 0.794. The Morgan fingerprint density at radius 1 is 1.44 bits per heavy atom. The van der Waals surface area contributed by atoms with Crippen molar-refractivity contribution >= 4 is 5.78 Å². The SMILES string of the molecule is CNC1CCC(C(=O)c2ocnc2C)CC1. The summed E-state index contributed by atoms with van der Waals surface area (Å²) in [6.07, 6.45) is 5.39. The maximum absolute atomic E-state index is 12.1. The lowest BCUT2D eigenvalue weighted by molar-refractivity contribution is 0.0851. The van der Waals surface area contributed by atoms with Gasteiger partial charge < -0.3 is 9.73 Å². The summed E-state index contributed by atoms with van der Waals surface area (Å²) in [6.45, 7) is 1.82. The monoisotopic (exact) mass is 222 g/mol. The molecule has 4 heteroatoms. The average molecular weight is 222 g/mol. The second-order valence-corrected chi connectivity index (χ2v) is 4.47. The molecule has 0 radical (unpaired) electrons. The van der Waals surface area contributed by atoms with Crippen molar-refractivity contribution in [3.05, 3.63) is 17.8 Å². The van der Waals surface area contributed by atoms with Crippen molar-refractivity contribution in [2.45, 2.75) is 38.6 Å². The first-order valence-electron chi connectivity index (χ1n) is 5.84. The van der Waals surface area contributed by atoms with Crippen molar-refractivity contribution in [1.82, 2.24) is 10.3 Å². The van der Waals surface area contributed by atoms with Crippen LogP contribution in [-0.2, 0) is 0 Å². The number of aryl methyl sites for hydroxylation is 1. The topological polar surface area (TPSA) is 55.1 Å². The Morgan fingerprint density at radius 3 is 2.62 bits per heavy atom. The molecule has 0 spiro atoms. The molecule has 1 N–H and O–H groups in total. The van der Waals surface area contributed by atoms with Crippen LogP contribution in [0, 0.1) is 12.8 Å². The van der Waals surface area contributed by atoms with Gasteiger partial charge >= 0.3 is 0 Å². The third kappa shape index (κ3) is 2.16. The molecule has 0 aliphatic heterocycles. The summed E-state index contributed by atoms with van der Waals surface area (Å²) in [5.74, 6) is 0.703. The van der Waals surface area contributed by atoms with E-state index in [2.05, 4.69) is 10.3 Å². The zero-order valence-electron chi connectivity index (χ0n) is 9.82. The molecule has 16 heavy (non-hydrogen) atoms. The smallest absolute Gasteiger partial charge is 0.203 e. The Labute approximate surface area is 95.4 Å². The number of hydrogen-bond acceptors (Lipinski definition) is 4. The summed E-state index contributed by atoms with van der Waals surface area (Å²) in [7, 11) is 1.98. The first-order valence-corrected chi connectivity index (χ1v) is 5.84. The fourth-order valence-electron chi connectivity index (χ4n) is 2.37. The predicted molar refractivity (Wildman–Crippen MR) is 60.4 cm³/mol. The minimum atomic E-state index is 0.122. The second-order valence-electron chi connectivity index (χ2n) is 4.47. The van der Waals surface area contributed by atoms with Gasteiger partial charge in [-0.2, -0.15) is 0 Å². The van der Waals surface area contributed by atoms with Gasteiger partial charge in [-0.25, -0.2) is 4.98 Å². The molecule has 0 bridgehead atoms. The van der Waals surface area contributed by atoms with Crippen LogP contribution >= 0.6 is 0 Å². The van der Waals surface area contributed by atoms with E-state index >= 15 is 0 Å². The molecular weight excluding hydrogens is 204 g/mol. The van der Waals surface area contributed by atoms with Gasteiger partial charge in [-0.1, -0.05) is 0 Å². The Morgan fingerprint density at radius 2 is 2.12 bits per heavy atom. The maximum atomic E-state index is 12.1. The molecule has 1 saturated carbocycles. The fourth-order valence-corrected chi connectivity index (χ4v) is 2.37. The summed E-state index contributed by atoms with van der Waals surface area (Å²) in [6, 6.07) is 0.569. The number of carbonyl (C=O) groups excluding carboxylic acids is 1. The van der Waals surface area contributed by atoms with Crippen LogP contribution in [0.3, 0.4) is 0 Å². The van der Waals surface area contributed by atoms with Gasteiger partial charge in [0.05, 0.1) is 5.69 Å². The minimum absolute atomic E-state index is 0.122. The molecule has 1 heterocycles. The molecule has 0 saturated heterocycles. The number of oxazole rings is 1. The third-order valence-corrected chi connectivity index (χ3v) is 3.48. The molecule has 1 aromatic heterocycles. The zero-order chi connectivity index (χ0) is 11.5. The van der Waals surface area contributed by atoms with Crippen LogP contribution in [0.25, 0.3) is 0 Å². The molecule has 0 aromatic carbocycles. The molecule has 0 unspecified atom stereocenters. The molecule has 88 valence electrons. The number of carbonyl (C=O) groups is 1. The molecule has 0 atom stereocenters. The maximum Gasteiger partial charge on any atom is 0.203 e. The van der Waals surface area contributed by atoms with Crippen LogP contribution in [0.4, 0.5) is 0 Å². The zero-order valence-corrected chi connectivity index (χ0v) is 9.82. The number of nitrogens with one attached hydrogen (secondary N) is 1. The van der Waals surface area contributed by atoms with Gasteiger partial charge in [0.25, 0.3) is 0 Å². The van der Waals surface area contributed by atoms with Crippen molar-refractivity contribution in [3.63, 3.8) is 0 Å². The second kappa shape index (κ2) is 4.78. The number of rotatable bonds is 3. The van der Waals surface area contributed by atoms with Crippen molar-refractivity contribution in [1.29, 1.82) is 0 Å². The van der Waals surface area contributed by atoms with E-state index in [4.69, 9.17) is 4.42 Å². The van der Waals surface area contributed by atoms with Crippen LogP contribution in [0.15, 0.2) is 10.8 Å². The van der Waals surface area contributed by atoms with E-state index in [9.17, 15) is 4.79 Å². The standard InChI is InChI=1S/C12H18N2O2/c1-8-12(16-7-14-8)11(15)9-3-5-10(13-2)6-4-9/h7,9-10,13H,3-6H2,1-2H3. The fraction of sp³-hybridized carbons (Fsp3) is 0.667. The van der Waals surface area contributed by atoms with E-state index in [-0.39, 0.29) is 11.7 Å².